The molecule has 182 valence electrons. The Morgan fingerprint density at radius 1 is 1.18 bits per heavy atom. The largest absolute Gasteiger partial charge is 0.379 e. The summed E-state index contributed by atoms with van der Waals surface area (Å²) in [5.74, 6) is -0.372. The lowest BCUT2D eigenvalue weighted by atomic mass is 9.98. The van der Waals surface area contributed by atoms with Gasteiger partial charge in [0.15, 0.2) is 0 Å². The van der Waals surface area contributed by atoms with Crippen molar-refractivity contribution in [3.05, 3.63) is 35.4 Å². The molecule has 0 bridgehead atoms. The third kappa shape index (κ3) is 5.72. The summed E-state index contributed by atoms with van der Waals surface area (Å²) >= 11 is 1.62. The smallest absolute Gasteiger partial charge is 0.256 e. The van der Waals surface area contributed by atoms with Crippen LogP contribution in [-0.4, -0.2) is 58.7 Å². The highest BCUT2D eigenvalue weighted by molar-refractivity contribution is 8.01. The highest BCUT2D eigenvalue weighted by atomic mass is 32.2. The van der Waals surface area contributed by atoms with Gasteiger partial charge in [0.25, 0.3) is 5.91 Å². The average molecular weight is 476 g/mol. The first-order chi connectivity index (χ1) is 15.5. The van der Waals surface area contributed by atoms with E-state index in [1.807, 2.05) is 65.8 Å². The van der Waals surface area contributed by atoms with Gasteiger partial charge in [0.1, 0.15) is 17.5 Å². The molecule has 7 nitrogen and oxygen atoms in total. The third-order valence-electron chi connectivity index (χ3n) is 5.96. The van der Waals surface area contributed by atoms with Gasteiger partial charge in [-0.25, -0.2) is 0 Å². The van der Waals surface area contributed by atoms with E-state index in [9.17, 15) is 14.4 Å². The first-order valence-electron chi connectivity index (χ1n) is 11.8. The van der Waals surface area contributed by atoms with Crippen molar-refractivity contribution in [2.24, 2.45) is 5.92 Å². The highest BCUT2D eigenvalue weighted by Crippen LogP contribution is 2.56. The second kappa shape index (κ2) is 10.5. The third-order valence-corrected chi connectivity index (χ3v) is 7.49. The molecule has 0 saturated carbocycles. The summed E-state index contributed by atoms with van der Waals surface area (Å²) in [5.41, 5.74) is 1.61. The van der Waals surface area contributed by atoms with E-state index in [0.29, 0.717) is 31.6 Å². The van der Waals surface area contributed by atoms with Gasteiger partial charge in [-0.15, -0.1) is 11.8 Å². The fourth-order valence-corrected chi connectivity index (χ4v) is 6.07. The number of carbonyl (C=O) groups excluding carboxylic acids is 3. The van der Waals surface area contributed by atoms with Crippen LogP contribution in [0.15, 0.2) is 24.3 Å². The molecule has 3 amide bonds. The minimum Gasteiger partial charge on any atom is -0.379 e. The maximum atomic E-state index is 13.5. The molecule has 8 heteroatoms. The number of rotatable bonds is 10. The number of carbonyl (C=O) groups is 3. The Morgan fingerprint density at radius 3 is 2.55 bits per heavy atom. The molecule has 1 saturated heterocycles. The van der Waals surface area contributed by atoms with E-state index in [-0.39, 0.29) is 35.1 Å². The lowest BCUT2D eigenvalue weighted by molar-refractivity contribution is -0.132. The van der Waals surface area contributed by atoms with Crippen molar-refractivity contribution < 1.29 is 19.1 Å². The van der Waals surface area contributed by atoms with Gasteiger partial charge in [0.05, 0.1) is 6.10 Å². The summed E-state index contributed by atoms with van der Waals surface area (Å²) in [4.78, 5) is 41.3. The Balaban J connectivity index is 1.70. The zero-order valence-corrected chi connectivity index (χ0v) is 21.3. The molecule has 2 aliphatic rings. The van der Waals surface area contributed by atoms with Gasteiger partial charge in [-0.2, -0.15) is 0 Å². The molecule has 1 aromatic carbocycles. The number of ether oxygens (including phenoxy) is 1. The molecule has 33 heavy (non-hydrogen) atoms. The summed E-state index contributed by atoms with van der Waals surface area (Å²) in [6, 6.07) is 6.23. The van der Waals surface area contributed by atoms with E-state index in [1.165, 1.54) is 0 Å². The average Bonchev–Trinajstić information content (AvgIpc) is 3.16. The molecule has 0 radical (unpaired) electrons. The summed E-state index contributed by atoms with van der Waals surface area (Å²) in [6.45, 7) is 13.0. The minimum absolute atomic E-state index is 0.121. The minimum atomic E-state index is -0.658. The Bertz CT molecular complexity index is 886. The number of thioether (sulfide) groups is 1. The topological polar surface area (TPSA) is 87.7 Å². The molecule has 1 aromatic rings. The molecule has 3 rings (SSSR count). The van der Waals surface area contributed by atoms with Crippen molar-refractivity contribution in [3.63, 3.8) is 0 Å². The standard InChI is InChI=1S/C25H37N3O4S/c1-15(2)14-19(21(29)26-12-9-13-32-16(3)4)27-22(30)20-25(5,6)33-24-18-11-8-7-10-17(18)23(31)28(20)24/h7-8,10-11,15-16,19-20,24H,9,12-14H2,1-6H3,(H,26,29)(H,27,30)/t19-,20-,24+/m0/s1. The fraction of sp³-hybridized carbons (Fsp3) is 0.640. The van der Waals surface area contributed by atoms with E-state index >= 15 is 0 Å². The van der Waals surface area contributed by atoms with Gasteiger partial charge in [-0.1, -0.05) is 32.0 Å². The van der Waals surface area contributed by atoms with Crippen LogP contribution in [-0.2, 0) is 14.3 Å². The Morgan fingerprint density at radius 2 is 1.88 bits per heavy atom. The number of hydrogen-bond donors (Lipinski definition) is 2. The summed E-state index contributed by atoms with van der Waals surface area (Å²) < 4.78 is 5.04. The second-order valence-corrected chi connectivity index (χ2v) is 11.8. The number of fused-ring (bicyclic) bond motifs is 3. The molecular weight excluding hydrogens is 438 g/mol. The van der Waals surface area contributed by atoms with Gasteiger partial charge in [-0.3, -0.25) is 14.4 Å². The Kier molecular flexibility index (Phi) is 8.11. The van der Waals surface area contributed by atoms with Crippen LogP contribution >= 0.6 is 11.8 Å². The predicted octanol–water partition coefficient (Wildman–Crippen LogP) is 3.50. The monoisotopic (exact) mass is 475 g/mol. The Hall–Kier alpha value is -2.06. The van der Waals surface area contributed by atoms with E-state index in [2.05, 4.69) is 10.6 Å². The van der Waals surface area contributed by atoms with Crippen LogP contribution in [0.2, 0.25) is 0 Å². The maximum absolute atomic E-state index is 13.5. The van der Waals surface area contributed by atoms with Crippen LogP contribution in [0.5, 0.6) is 0 Å². The number of nitrogens with one attached hydrogen (secondary N) is 2. The maximum Gasteiger partial charge on any atom is 0.256 e. The molecule has 0 spiro atoms. The van der Waals surface area contributed by atoms with Gasteiger partial charge in [0.2, 0.25) is 11.8 Å². The second-order valence-electron chi connectivity index (χ2n) is 10.0. The molecule has 3 atom stereocenters. The zero-order valence-electron chi connectivity index (χ0n) is 20.5. The lowest BCUT2D eigenvalue weighted by Gasteiger charge is -2.31. The lowest BCUT2D eigenvalue weighted by Crippen LogP contribution is -2.57. The van der Waals surface area contributed by atoms with Crippen molar-refractivity contribution in [3.8, 4) is 0 Å². The van der Waals surface area contributed by atoms with Crippen LogP contribution < -0.4 is 10.6 Å². The van der Waals surface area contributed by atoms with Crippen molar-refractivity contribution >= 4 is 29.5 Å². The van der Waals surface area contributed by atoms with Gasteiger partial charge in [-0.05, 0) is 58.1 Å². The van der Waals surface area contributed by atoms with E-state index in [4.69, 9.17) is 4.74 Å². The number of nitrogens with zero attached hydrogens (tertiary/aromatic N) is 1. The quantitative estimate of drug-likeness (QED) is 0.506. The van der Waals surface area contributed by atoms with Gasteiger partial charge < -0.3 is 20.3 Å². The molecule has 2 aliphatic heterocycles. The van der Waals surface area contributed by atoms with Crippen molar-refractivity contribution in [2.75, 3.05) is 13.2 Å². The summed E-state index contributed by atoms with van der Waals surface area (Å²) in [7, 11) is 0. The van der Waals surface area contributed by atoms with Gasteiger partial charge >= 0.3 is 0 Å². The van der Waals surface area contributed by atoms with Crippen LogP contribution in [0.25, 0.3) is 0 Å². The normalized spacial score (nSPS) is 21.8. The summed E-state index contributed by atoms with van der Waals surface area (Å²) in [6.07, 6.45) is 1.39. The van der Waals surface area contributed by atoms with Gasteiger partial charge in [0, 0.05) is 23.5 Å². The highest BCUT2D eigenvalue weighted by Gasteiger charge is 2.57. The first-order valence-corrected chi connectivity index (χ1v) is 12.7. The first kappa shape index (κ1) is 25.6. The molecule has 0 aromatic heterocycles. The molecule has 2 heterocycles. The van der Waals surface area contributed by atoms with Crippen LogP contribution in [0, 0.1) is 5.92 Å². The van der Waals surface area contributed by atoms with Crippen molar-refractivity contribution in [1.82, 2.24) is 15.5 Å². The van der Waals surface area contributed by atoms with Crippen LogP contribution in [0.1, 0.15) is 75.7 Å². The predicted molar refractivity (Wildman–Crippen MR) is 131 cm³/mol. The summed E-state index contributed by atoms with van der Waals surface area (Å²) in [5, 5.41) is 5.72. The van der Waals surface area contributed by atoms with E-state index < -0.39 is 16.8 Å². The fourth-order valence-electron chi connectivity index (χ4n) is 4.48. The van der Waals surface area contributed by atoms with Crippen molar-refractivity contribution in [2.45, 2.75) is 82.7 Å². The molecule has 0 unspecified atom stereocenters. The number of hydrogen-bond acceptors (Lipinski definition) is 5. The SMILES string of the molecule is CC(C)C[C@H](NC(=O)[C@@H]1N2C(=O)c3ccccc3[C@H]2SC1(C)C)C(=O)NCCCOC(C)C. The number of amides is 3. The molecular formula is C25H37N3O4S. The number of benzene rings is 1. The molecule has 1 fully saturated rings. The molecule has 0 aliphatic carbocycles. The van der Waals surface area contributed by atoms with Crippen LogP contribution in [0.3, 0.4) is 0 Å². The Labute approximate surface area is 201 Å². The molecule has 2 N–H and O–H groups in total. The van der Waals surface area contributed by atoms with E-state index in [1.54, 1.807) is 16.7 Å². The van der Waals surface area contributed by atoms with E-state index in [0.717, 1.165) is 5.56 Å². The van der Waals surface area contributed by atoms with Crippen LogP contribution in [0.4, 0.5) is 0 Å². The van der Waals surface area contributed by atoms with Crippen molar-refractivity contribution in [1.29, 1.82) is 0 Å². The zero-order chi connectivity index (χ0) is 24.3.